The number of rotatable bonds is 4. The minimum absolute atomic E-state index is 0.375. The summed E-state index contributed by atoms with van der Waals surface area (Å²) >= 11 is 0. The zero-order valence-corrected chi connectivity index (χ0v) is 21.2. The standard InChI is InChI=1S/C12H16N4O4.C11H17N3O4/c1-6-8-10(14-4-13-6)16(5-15-8)11-12(2,19)9(18)7(3-17)20-11;1-6-13-8(12)3-4-14(6)10-11(2,17)9(16)7(5-15)18-10/h4-5,7,9,11,17-19H,3H2,1-2H3;3-4,7,9-10,15-17H,1,5H2,2H3,(H2,12,13)/p+1/t7-,9-,11-,12-;7-,9-,10-,11-/m11/s1. The van der Waals surface area contributed by atoms with Crippen LogP contribution in [0.1, 0.15) is 25.8 Å². The predicted molar refractivity (Wildman–Crippen MR) is 130 cm³/mol. The lowest BCUT2D eigenvalue weighted by atomic mass is 9.96. The third-order valence-electron chi connectivity index (χ3n) is 6.93. The molecule has 3 aliphatic rings. The van der Waals surface area contributed by atoms with Gasteiger partial charge in [-0.05, 0) is 27.4 Å². The van der Waals surface area contributed by atoms with Gasteiger partial charge in [0.2, 0.25) is 17.9 Å². The fourth-order valence-electron chi connectivity index (χ4n) is 4.66. The first-order valence-corrected chi connectivity index (χ1v) is 11.9. The molecule has 0 saturated carbocycles. The van der Waals surface area contributed by atoms with Crippen molar-refractivity contribution in [1.82, 2.24) is 24.4 Å². The van der Waals surface area contributed by atoms with Crippen molar-refractivity contribution in [2.24, 2.45) is 5.73 Å². The van der Waals surface area contributed by atoms with E-state index in [1.165, 1.54) is 31.4 Å². The molecule has 3 aliphatic heterocycles. The quantitative estimate of drug-likeness (QED) is 0.185. The number of fused-ring (bicyclic) bond motifs is 1. The van der Waals surface area contributed by atoms with Crippen molar-refractivity contribution in [2.75, 3.05) is 13.2 Å². The number of aliphatic hydroxyl groups is 6. The number of amidine groups is 1. The van der Waals surface area contributed by atoms with Gasteiger partial charge in [-0.2, -0.15) is 0 Å². The van der Waals surface area contributed by atoms with E-state index in [1.54, 1.807) is 23.8 Å². The Morgan fingerprint density at radius 1 is 1.03 bits per heavy atom. The molecule has 0 aliphatic carbocycles. The van der Waals surface area contributed by atoms with E-state index in [-0.39, 0.29) is 13.2 Å². The number of aromatic nitrogens is 4. The van der Waals surface area contributed by atoms with E-state index in [4.69, 9.17) is 20.3 Å². The van der Waals surface area contributed by atoms with Crippen molar-refractivity contribution in [3.8, 4) is 0 Å². The molecular weight excluding hydrogens is 502 g/mol. The molecule has 9 N–H and O–H groups in total. The van der Waals surface area contributed by atoms with Crippen LogP contribution >= 0.6 is 0 Å². The molecule has 15 heteroatoms. The highest BCUT2D eigenvalue weighted by Crippen LogP contribution is 2.39. The molecule has 0 amide bonds. The van der Waals surface area contributed by atoms with Crippen LogP contribution in [0.2, 0.25) is 0 Å². The zero-order chi connectivity index (χ0) is 28.0. The minimum atomic E-state index is -1.56. The van der Waals surface area contributed by atoms with Crippen LogP contribution in [0.5, 0.6) is 0 Å². The zero-order valence-electron chi connectivity index (χ0n) is 21.2. The third kappa shape index (κ3) is 4.67. The lowest BCUT2D eigenvalue weighted by molar-refractivity contribution is -0.427. The second-order valence-electron chi connectivity index (χ2n) is 9.79. The topological polar surface area (TPSA) is 227 Å². The van der Waals surface area contributed by atoms with Crippen molar-refractivity contribution >= 4 is 17.0 Å². The van der Waals surface area contributed by atoms with E-state index in [2.05, 4.69) is 26.5 Å². The Bertz CT molecular complexity index is 1250. The number of nitrogens with zero attached hydrogens (tertiary/aromatic N) is 5. The molecule has 5 heterocycles. The van der Waals surface area contributed by atoms with Crippen molar-refractivity contribution in [2.45, 2.75) is 68.8 Å². The molecule has 38 heavy (non-hydrogen) atoms. The lowest BCUT2D eigenvalue weighted by Crippen LogP contribution is -2.78. The summed E-state index contributed by atoms with van der Waals surface area (Å²) in [7, 11) is 0. The molecule has 2 fully saturated rings. The average Bonchev–Trinajstić information content (AvgIpc) is 3.46. The first kappa shape index (κ1) is 28.0. The van der Waals surface area contributed by atoms with Gasteiger partial charge in [-0.1, -0.05) is 0 Å². The van der Waals surface area contributed by atoms with E-state index in [1.807, 2.05) is 0 Å². The number of hydrogen-bond donors (Lipinski definition) is 8. The van der Waals surface area contributed by atoms with Crippen LogP contribution < -0.4 is 10.7 Å². The Kier molecular flexibility index (Phi) is 7.57. The Morgan fingerprint density at radius 2 is 1.61 bits per heavy atom. The summed E-state index contributed by atoms with van der Waals surface area (Å²) in [5.74, 6) is 0.846. The van der Waals surface area contributed by atoms with E-state index in [0.717, 1.165) is 0 Å². The van der Waals surface area contributed by atoms with Crippen LogP contribution in [-0.4, -0.2) is 116 Å². The summed E-state index contributed by atoms with van der Waals surface area (Å²) < 4.78 is 12.5. The summed E-state index contributed by atoms with van der Waals surface area (Å²) in [6.07, 6.45) is 0.270. The Hall–Kier alpha value is -3.02. The molecule has 2 aromatic heterocycles. The molecule has 2 saturated heterocycles. The summed E-state index contributed by atoms with van der Waals surface area (Å²) in [4.78, 5) is 16.7. The Labute approximate surface area is 217 Å². The second-order valence-corrected chi connectivity index (χ2v) is 9.79. The lowest BCUT2D eigenvalue weighted by Gasteiger charge is -2.31. The van der Waals surface area contributed by atoms with Crippen molar-refractivity contribution in [1.29, 1.82) is 0 Å². The molecule has 0 aromatic carbocycles. The number of nitrogens with two attached hydrogens (primary N) is 1. The maximum atomic E-state index is 10.4. The van der Waals surface area contributed by atoms with Crippen LogP contribution in [0.4, 0.5) is 0 Å². The summed E-state index contributed by atoms with van der Waals surface area (Å²) in [5, 5.41) is 58.9. The van der Waals surface area contributed by atoms with Gasteiger partial charge >= 0.3 is 0 Å². The predicted octanol–water partition coefficient (Wildman–Crippen LogP) is -4.31. The molecule has 0 spiro atoms. The van der Waals surface area contributed by atoms with Crippen LogP contribution in [-0.2, 0) is 9.47 Å². The molecule has 0 unspecified atom stereocenters. The highest BCUT2D eigenvalue weighted by Gasteiger charge is 2.56. The van der Waals surface area contributed by atoms with E-state index >= 15 is 0 Å². The highest BCUT2D eigenvalue weighted by atomic mass is 16.6. The summed E-state index contributed by atoms with van der Waals surface area (Å²) in [5.41, 5.74) is 4.31. The molecular formula is C23H34N7O8+. The van der Waals surface area contributed by atoms with Gasteiger partial charge in [0.05, 0.1) is 31.4 Å². The third-order valence-corrected chi connectivity index (χ3v) is 6.93. The van der Waals surface area contributed by atoms with Crippen LogP contribution in [0.15, 0.2) is 37.3 Å². The van der Waals surface area contributed by atoms with Gasteiger partial charge in [0.25, 0.3) is 0 Å². The van der Waals surface area contributed by atoms with Gasteiger partial charge in [-0.3, -0.25) is 4.57 Å². The van der Waals surface area contributed by atoms with E-state index in [0.29, 0.717) is 28.5 Å². The number of imidazole rings is 1. The van der Waals surface area contributed by atoms with Crippen LogP contribution in [0, 0.1) is 6.92 Å². The van der Waals surface area contributed by atoms with Crippen molar-refractivity contribution in [3.63, 3.8) is 0 Å². The van der Waals surface area contributed by atoms with Crippen LogP contribution in [0.25, 0.3) is 11.2 Å². The SMILES string of the molecule is C=C1[NH+]=C(N)C=CN1[C@@H]1O[C@H](CO)[C@@H](O)[C@@]1(C)O.Cc1ncnc2c1ncn2[C@@H]1O[C@H](CO)[C@@H](O)[C@@]1(C)O. The summed E-state index contributed by atoms with van der Waals surface area (Å²) in [6.45, 7) is 7.71. The summed E-state index contributed by atoms with van der Waals surface area (Å²) in [6, 6.07) is 0. The van der Waals surface area contributed by atoms with Crippen molar-refractivity contribution in [3.05, 3.63) is 43.0 Å². The van der Waals surface area contributed by atoms with Gasteiger partial charge in [-0.15, -0.1) is 0 Å². The number of nitrogens with one attached hydrogen (secondary N) is 1. The Morgan fingerprint density at radius 3 is 2.16 bits per heavy atom. The average molecular weight is 537 g/mol. The van der Waals surface area contributed by atoms with Gasteiger partial charge in [0.15, 0.2) is 11.9 Å². The van der Waals surface area contributed by atoms with Gasteiger partial charge in [0, 0.05) is 6.08 Å². The monoisotopic (exact) mass is 536 g/mol. The smallest absolute Gasteiger partial charge is 0.220 e. The number of aliphatic hydroxyl groups excluding tert-OH is 4. The molecule has 2 aromatic rings. The fourth-order valence-corrected chi connectivity index (χ4v) is 4.66. The van der Waals surface area contributed by atoms with Crippen LogP contribution in [0.3, 0.4) is 0 Å². The van der Waals surface area contributed by atoms with Crippen molar-refractivity contribution < 1.29 is 45.1 Å². The van der Waals surface area contributed by atoms with Gasteiger partial charge in [0.1, 0.15) is 47.5 Å². The molecule has 0 radical (unpaired) electrons. The number of aryl methyl sites for hydroxylation is 1. The normalized spacial score (nSPS) is 36.9. The van der Waals surface area contributed by atoms with Gasteiger partial charge < -0.3 is 45.8 Å². The molecule has 15 nitrogen and oxygen atoms in total. The first-order chi connectivity index (χ1) is 17.8. The first-order valence-electron chi connectivity index (χ1n) is 11.9. The maximum absolute atomic E-state index is 10.4. The van der Waals surface area contributed by atoms with E-state index in [9.17, 15) is 25.5 Å². The Balaban J connectivity index is 0.000000178. The molecule has 208 valence electrons. The molecule has 5 rings (SSSR count). The highest BCUT2D eigenvalue weighted by molar-refractivity contribution is 5.86. The number of hydrogen-bond acceptors (Lipinski definition) is 13. The second kappa shape index (κ2) is 10.3. The fraction of sp³-hybridized carbons (Fsp3) is 0.565. The largest absolute Gasteiger partial charge is 0.394 e. The van der Waals surface area contributed by atoms with Gasteiger partial charge in [-0.25, -0.2) is 24.8 Å². The number of ether oxygens (including phenoxy) is 2. The maximum Gasteiger partial charge on any atom is 0.220 e. The minimum Gasteiger partial charge on any atom is -0.394 e. The molecule has 8 atom stereocenters. The van der Waals surface area contributed by atoms with E-state index < -0.39 is 48.1 Å². The molecule has 0 bridgehead atoms.